The van der Waals surface area contributed by atoms with E-state index in [-0.39, 0.29) is 12.2 Å². The van der Waals surface area contributed by atoms with Crippen LogP contribution >= 0.6 is 0 Å². The highest BCUT2D eigenvalue weighted by Gasteiger charge is 2.30. The third-order valence-corrected chi connectivity index (χ3v) is 8.73. The zero-order chi connectivity index (χ0) is 29.5. The molecule has 2 atom stereocenters. The largest absolute Gasteiger partial charge is 0.362 e. The fourth-order valence-electron chi connectivity index (χ4n) is 6.47. The van der Waals surface area contributed by atoms with Crippen LogP contribution in [-0.2, 0) is 0 Å². The number of allylic oxidation sites excluding steroid dienone is 2. The lowest BCUT2D eigenvalue weighted by Crippen LogP contribution is -2.28. The standard InChI is InChI=1S/C39H36N4/c1-26(2)32-24-35(27-14-8-5-9-15-27)42(3)38-31(32)22-20-29-21-23-33(40-37(29)38)34-25-36(28-16-10-6-11-17-28)43(4)39(41-34)30-18-12-7-13-19-30/h5-26,35,39H,1-4H3. The predicted molar refractivity (Wildman–Crippen MR) is 180 cm³/mol. The van der Waals surface area contributed by atoms with E-state index in [0.717, 1.165) is 39.1 Å². The maximum absolute atomic E-state index is 5.40. The fraction of sp³-hybridized carbons (Fsp3) is 0.179. The molecule has 2 unspecified atom stereocenters. The highest BCUT2D eigenvalue weighted by Crippen LogP contribution is 2.45. The maximum atomic E-state index is 5.40. The summed E-state index contributed by atoms with van der Waals surface area (Å²) in [7, 11) is 4.32. The highest BCUT2D eigenvalue weighted by atomic mass is 15.2. The third-order valence-electron chi connectivity index (χ3n) is 8.73. The number of anilines is 1. The number of fused-ring (bicyclic) bond motifs is 3. The van der Waals surface area contributed by atoms with E-state index in [4.69, 9.17) is 9.98 Å². The van der Waals surface area contributed by atoms with Crippen LogP contribution < -0.4 is 4.90 Å². The van der Waals surface area contributed by atoms with Gasteiger partial charge in [0.1, 0.15) is 6.17 Å². The van der Waals surface area contributed by atoms with Crippen molar-refractivity contribution < 1.29 is 0 Å². The first-order valence-electron chi connectivity index (χ1n) is 15.1. The average molecular weight is 561 g/mol. The van der Waals surface area contributed by atoms with E-state index in [2.05, 4.69) is 165 Å². The molecule has 0 fully saturated rings. The molecule has 1 aromatic heterocycles. The van der Waals surface area contributed by atoms with Gasteiger partial charge in [0, 0.05) is 30.7 Å². The van der Waals surface area contributed by atoms with Crippen molar-refractivity contribution in [1.29, 1.82) is 0 Å². The molecule has 0 aliphatic carbocycles. The van der Waals surface area contributed by atoms with Crippen LogP contribution in [0.25, 0.3) is 22.2 Å². The van der Waals surface area contributed by atoms with Crippen molar-refractivity contribution in [2.24, 2.45) is 10.9 Å². The van der Waals surface area contributed by atoms with Gasteiger partial charge in [-0.2, -0.15) is 0 Å². The number of pyridine rings is 1. The van der Waals surface area contributed by atoms with Gasteiger partial charge in [-0.25, -0.2) is 4.98 Å². The van der Waals surface area contributed by atoms with Crippen molar-refractivity contribution in [3.63, 3.8) is 0 Å². The molecule has 0 bridgehead atoms. The smallest absolute Gasteiger partial charge is 0.147 e. The second kappa shape index (κ2) is 11.0. The quantitative estimate of drug-likeness (QED) is 0.215. The third kappa shape index (κ3) is 4.83. The van der Waals surface area contributed by atoms with Crippen LogP contribution in [0, 0.1) is 5.92 Å². The van der Waals surface area contributed by atoms with Gasteiger partial charge >= 0.3 is 0 Å². The van der Waals surface area contributed by atoms with Crippen LogP contribution in [0.15, 0.2) is 132 Å². The Labute approximate surface area is 254 Å². The van der Waals surface area contributed by atoms with Crippen molar-refractivity contribution in [3.8, 4) is 0 Å². The van der Waals surface area contributed by atoms with E-state index >= 15 is 0 Å². The Morgan fingerprint density at radius 2 is 1.30 bits per heavy atom. The molecule has 0 spiro atoms. The van der Waals surface area contributed by atoms with Crippen molar-refractivity contribution in [3.05, 3.63) is 155 Å². The second-order valence-electron chi connectivity index (χ2n) is 11.8. The number of hydrogen-bond donors (Lipinski definition) is 0. The van der Waals surface area contributed by atoms with Crippen molar-refractivity contribution in [2.45, 2.75) is 26.1 Å². The Kier molecular flexibility index (Phi) is 6.90. The van der Waals surface area contributed by atoms with E-state index in [1.165, 1.54) is 22.4 Å². The molecule has 4 aromatic carbocycles. The van der Waals surface area contributed by atoms with Gasteiger partial charge in [0.05, 0.1) is 28.7 Å². The highest BCUT2D eigenvalue weighted by molar-refractivity contribution is 6.13. The molecule has 0 amide bonds. The molecule has 5 aromatic rings. The Morgan fingerprint density at radius 3 is 1.98 bits per heavy atom. The molecule has 3 heterocycles. The molecule has 0 radical (unpaired) electrons. The molecule has 43 heavy (non-hydrogen) atoms. The number of aliphatic imine (C=N–C) groups is 1. The van der Waals surface area contributed by atoms with Gasteiger partial charge in [0.2, 0.25) is 0 Å². The zero-order valence-corrected chi connectivity index (χ0v) is 25.1. The summed E-state index contributed by atoms with van der Waals surface area (Å²) >= 11 is 0. The normalized spacial score (nSPS) is 18.3. The molecule has 0 saturated heterocycles. The first kappa shape index (κ1) is 26.9. The average Bonchev–Trinajstić information content (AvgIpc) is 3.05. The van der Waals surface area contributed by atoms with Gasteiger partial charge in [-0.15, -0.1) is 0 Å². The molecule has 0 N–H and O–H groups in total. The van der Waals surface area contributed by atoms with Crippen LogP contribution in [0.1, 0.15) is 54.0 Å². The molecular formula is C39H36N4. The van der Waals surface area contributed by atoms with Crippen LogP contribution in [0.4, 0.5) is 5.69 Å². The number of aromatic nitrogens is 1. The van der Waals surface area contributed by atoms with Crippen molar-refractivity contribution in [1.82, 2.24) is 9.88 Å². The van der Waals surface area contributed by atoms with Crippen molar-refractivity contribution >= 4 is 33.6 Å². The summed E-state index contributed by atoms with van der Waals surface area (Å²) in [5.74, 6) is 0.389. The molecular weight excluding hydrogens is 524 g/mol. The molecule has 4 nitrogen and oxygen atoms in total. The molecule has 2 aliphatic heterocycles. The summed E-state index contributed by atoms with van der Waals surface area (Å²) in [6.45, 7) is 4.56. The number of hydrogen-bond acceptors (Lipinski definition) is 4. The Bertz CT molecular complexity index is 1870. The van der Waals surface area contributed by atoms with Crippen LogP contribution in [0.2, 0.25) is 0 Å². The van der Waals surface area contributed by atoms with Crippen LogP contribution in [0.3, 0.4) is 0 Å². The molecule has 0 saturated carbocycles. The SMILES string of the molecule is CC(C)C1=CC(c2ccccc2)N(C)c2c1ccc1ccc(C3=NC(c4ccccc4)N(C)C(c4ccccc4)=C3)nc21. The molecule has 212 valence electrons. The van der Waals surface area contributed by atoms with E-state index in [0.29, 0.717) is 5.92 Å². The summed E-state index contributed by atoms with van der Waals surface area (Å²) in [5.41, 5.74) is 11.3. The van der Waals surface area contributed by atoms with Crippen LogP contribution in [0.5, 0.6) is 0 Å². The Morgan fingerprint density at radius 1 is 0.674 bits per heavy atom. The predicted octanol–water partition coefficient (Wildman–Crippen LogP) is 8.94. The van der Waals surface area contributed by atoms with Gasteiger partial charge in [-0.05, 0) is 40.3 Å². The first-order valence-corrected chi connectivity index (χ1v) is 15.1. The number of likely N-dealkylation sites (N-methyl/N-ethyl adjacent to an activating group) is 1. The molecule has 2 aliphatic rings. The van der Waals surface area contributed by atoms with Crippen molar-refractivity contribution in [2.75, 3.05) is 19.0 Å². The number of nitrogens with zero attached hydrogens (tertiary/aromatic N) is 4. The maximum Gasteiger partial charge on any atom is 0.147 e. The number of rotatable bonds is 5. The van der Waals surface area contributed by atoms with Gasteiger partial charge in [0.15, 0.2) is 0 Å². The lowest BCUT2D eigenvalue weighted by Gasteiger charge is -2.37. The van der Waals surface area contributed by atoms with E-state index in [9.17, 15) is 0 Å². The van der Waals surface area contributed by atoms with Gasteiger partial charge in [-0.3, -0.25) is 4.99 Å². The summed E-state index contributed by atoms with van der Waals surface area (Å²) < 4.78 is 0. The Hall–Kier alpha value is -4.96. The van der Waals surface area contributed by atoms with E-state index in [1.54, 1.807) is 0 Å². The minimum atomic E-state index is -0.154. The molecule has 4 heteroatoms. The lowest BCUT2D eigenvalue weighted by molar-refractivity contribution is 0.364. The second-order valence-corrected chi connectivity index (χ2v) is 11.8. The Balaban J connectivity index is 1.41. The summed E-state index contributed by atoms with van der Waals surface area (Å²) in [6.07, 6.45) is 4.46. The first-order chi connectivity index (χ1) is 21.0. The number of benzene rings is 4. The van der Waals surface area contributed by atoms with E-state index in [1.807, 2.05) is 0 Å². The van der Waals surface area contributed by atoms with Gasteiger partial charge in [-0.1, -0.05) is 129 Å². The fourth-order valence-corrected chi connectivity index (χ4v) is 6.47. The monoisotopic (exact) mass is 560 g/mol. The zero-order valence-electron chi connectivity index (χ0n) is 25.1. The topological polar surface area (TPSA) is 31.7 Å². The summed E-state index contributed by atoms with van der Waals surface area (Å²) in [5, 5.41) is 1.13. The summed E-state index contributed by atoms with van der Waals surface area (Å²) in [4.78, 5) is 15.4. The summed E-state index contributed by atoms with van der Waals surface area (Å²) in [6, 6.07) is 40.8. The molecule has 7 rings (SSSR count). The minimum absolute atomic E-state index is 0.134. The van der Waals surface area contributed by atoms with Gasteiger partial charge in [0.25, 0.3) is 0 Å². The minimum Gasteiger partial charge on any atom is -0.362 e. The van der Waals surface area contributed by atoms with Gasteiger partial charge < -0.3 is 9.80 Å². The lowest BCUT2D eigenvalue weighted by atomic mass is 9.85. The van der Waals surface area contributed by atoms with E-state index < -0.39 is 0 Å². The van der Waals surface area contributed by atoms with Crippen LogP contribution in [-0.4, -0.2) is 29.7 Å².